The van der Waals surface area contributed by atoms with Crippen molar-refractivity contribution in [1.82, 2.24) is 0 Å². The molecular formula is C7H4Cl4O2S2. The summed E-state index contributed by atoms with van der Waals surface area (Å²) in [5.41, 5.74) is 0. The molecule has 0 saturated heterocycles. The van der Waals surface area contributed by atoms with E-state index in [1.54, 1.807) is 0 Å². The molecule has 8 heteroatoms. The molecule has 0 aliphatic heterocycles. The monoisotopic (exact) mass is 324 g/mol. The largest absolute Gasteiger partial charge is 0.282 e. The van der Waals surface area contributed by atoms with E-state index < -0.39 is 12.8 Å². The summed E-state index contributed by atoms with van der Waals surface area (Å²) in [4.78, 5) is -0.0370. The highest BCUT2D eigenvalue weighted by Gasteiger charge is 2.42. The summed E-state index contributed by atoms with van der Waals surface area (Å²) in [6.07, 6.45) is 0. The third-order valence-electron chi connectivity index (χ3n) is 1.53. The summed E-state index contributed by atoms with van der Waals surface area (Å²) in [5.74, 6) is 0. The molecular weight excluding hydrogens is 322 g/mol. The molecule has 0 saturated carbocycles. The number of hydrogen-bond acceptors (Lipinski definition) is 3. The molecule has 0 amide bonds. The minimum atomic E-state index is -3.90. The van der Waals surface area contributed by atoms with E-state index in [1.165, 1.54) is 24.3 Å². The third kappa shape index (κ3) is 2.87. The van der Waals surface area contributed by atoms with Gasteiger partial charge in [-0.25, -0.2) is 8.42 Å². The van der Waals surface area contributed by atoms with E-state index in [0.717, 1.165) is 0 Å². The van der Waals surface area contributed by atoms with Crippen LogP contribution in [0.5, 0.6) is 0 Å². The third-order valence-corrected chi connectivity index (χ3v) is 7.51. The van der Waals surface area contributed by atoms with Crippen molar-refractivity contribution in [2.75, 3.05) is 0 Å². The molecule has 0 radical (unpaired) electrons. The van der Waals surface area contributed by atoms with Gasteiger partial charge in [-0.05, 0) is 34.9 Å². The number of hydrogen-bond donors (Lipinski definition) is 0. The predicted octanol–water partition coefficient (Wildman–Crippen LogP) is 4.09. The Labute approximate surface area is 111 Å². The van der Waals surface area contributed by atoms with E-state index in [9.17, 15) is 8.42 Å². The van der Waals surface area contributed by atoms with Crippen molar-refractivity contribution in [2.45, 2.75) is 7.89 Å². The smallest absolute Gasteiger partial charge is 0.220 e. The molecule has 0 aliphatic rings. The molecule has 2 nitrogen and oxygen atoms in total. The van der Waals surface area contributed by atoms with E-state index in [1.807, 2.05) is 0 Å². The molecule has 84 valence electrons. The molecule has 0 aliphatic carbocycles. The van der Waals surface area contributed by atoms with E-state index in [2.05, 4.69) is 0 Å². The molecule has 1 rings (SSSR count). The summed E-state index contributed by atoms with van der Waals surface area (Å²) in [5, 5.41) is 0.419. The van der Waals surface area contributed by atoms with E-state index in [-0.39, 0.29) is 4.90 Å². The first-order valence-electron chi connectivity index (χ1n) is 3.49. The summed E-state index contributed by atoms with van der Waals surface area (Å²) in [6, 6.07) is 5.48. The second kappa shape index (κ2) is 4.90. The van der Waals surface area contributed by atoms with Crippen LogP contribution in [0.15, 0.2) is 29.2 Å². The minimum Gasteiger partial charge on any atom is -0.220 e. The van der Waals surface area contributed by atoms with Gasteiger partial charge in [0.15, 0.2) is 0 Å². The predicted molar refractivity (Wildman–Crippen MR) is 66.5 cm³/mol. The lowest BCUT2D eigenvalue weighted by Crippen LogP contribution is -2.21. The fourth-order valence-corrected chi connectivity index (χ4v) is 3.59. The molecule has 0 spiro atoms. The number of sulfone groups is 1. The van der Waals surface area contributed by atoms with Crippen LogP contribution in [0.1, 0.15) is 0 Å². The van der Waals surface area contributed by atoms with Gasteiger partial charge in [-0.15, -0.1) is 0 Å². The van der Waals surface area contributed by atoms with Crippen LogP contribution in [0.3, 0.4) is 0 Å². The average Bonchev–Trinajstić information content (AvgIpc) is 2.18. The van der Waals surface area contributed by atoms with Gasteiger partial charge in [0.2, 0.25) is 9.84 Å². The second-order valence-corrected chi connectivity index (χ2v) is 8.74. The van der Waals surface area contributed by atoms with Crippen LogP contribution in [0.25, 0.3) is 0 Å². The summed E-state index contributed by atoms with van der Waals surface area (Å²) in [7, 11) is 1.72. The van der Waals surface area contributed by atoms with Crippen LogP contribution >= 0.6 is 56.5 Å². The maximum atomic E-state index is 11.8. The van der Waals surface area contributed by atoms with E-state index in [0.29, 0.717) is 16.0 Å². The zero-order valence-corrected chi connectivity index (χ0v) is 11.6. The van der Waals surface area contributed by atoms with Gasteiger partial charge in [-0.2, -0.15) is 0 Å². The summed E-state index contributed by atoms with van der Waals surface area (Å²) >= 11 is 16.7. The highest BCUT2D eigenvalue weighted by Crippen LogP contribution is 2.45. The highest BCUT2D eigenvalue weighted by atomic mass is 35.7. The van der Waals surface area contributed by atoms with Crippen molar-refractivity contribution in [3.8, 4) is 0 Å². The minimum absolute atomic E-state index is 0.0370. The fraction of sp³-hybridized carbons (Fsp3) is 0.143. The van der Waals surface area contributed by atoms with Crippen molar-refractivity contribution in [2.24, 2.45) is 0 Å². The Morgan fingerprint density at radius 1 is 1.13 bits per heavy atom. The number of alkyl halides is 2. The Morgan fingerprint density at radius 3 is 2.00 bits per heavy atom. The Hall–Kier alpha value is 0.680. The molecule has 0 aromatic heterocycles. The number of halogens is 4. The molecule has 0 unspecified atom stereocenters. The van der Waals surface area contributed by atoms with Gasteiger partial charge < -0.3 is 0 Å². The van der Waals surface area contributed by atoms with Crippen molar-refractivity contribution < 1.29 is 8.42 Å². The molecule has 0 heterocycles. The van der Waals surface area contributed by atoms with Gasteiger partial charge in [0.1, 0.15) is 0 Å². The molecule has 1 aromatic carbocycles. The Balaban J connectivity index is 3.24. The SMILES string of the molecule is O=S(=O)(c1ccc(Cl)cc1)C(Cl)(Cl)SCl. The summed E-state index contributed by atoms with van der Waals surface area (Å²) < 4.78 is 21.5. The molecule has 1 aromatic rings. The van der Waals surface area contributed by atoms with Crippen molar-refractivity contribution >= 4 is 66.3 Å². The van der Waals surface area contributed by atoms with Gasteiger partial charge in [0.05, 0.1) is 4.90 Å². The first-order valence-corrected chi connectivity index (χ1v) is 7.75. The van der Waals surface area contributed by atoms with Crippen LogP contribution < -0.4 is 0 Å². The van der Waals surface area contributed by atoms with Crippen molar-refractivity contribution in [3.63, 3.8) is 0 Å². The van der Waals surface area contributed by atoms with Crippen molar-refractivity contribution in [3.05, 3.63) is 29.3 Å². The summed E-state index contributed by atoms with van der Waals surface area (Å²) in [6.45, 7) is 0. The van der Waals surface area contributed by atoms with Gasteiger partial charge in [-0.1, -0.05) is 34.8 Å². The van der Waals surface area contributed by atoms with Crippen LogP contribution in [0.2, 0.25) is 5.02 Å². The van der Waals surface area contributed by atoms with Crippen molar-refractivity contribution in [1.29, 1.82) is 0 Å². The number of benzene rings is 1. The van der Waals surface area contributed by atoms with Gasteiger partial charge in [-0.3, -0.25) is 0 Å². The second-order valence-electron chi connectivity index (χ2n) is 2.50. The lowest BCUT2D eigenvalue weighted by Gasteiger charge is -2.15. The molecule has 0 atom stereocenters. The lowest BCUT2D eigenvalue weighted by molar-refractivity contribution is 0.597. The molecule has 15 heavy (non-hydrogen) atoms. The van der Waals surface area contributed by atoms with Crippen LogP contribution in [0, 0.1) is 0 Å². The van der Waals surface area contributed by atoms with Crippen LogP contribution in [-0.2, 0) is 9.84 Å². The van der Waals surface area contributed by atoms with Crippen LogP contribution in [0.4, 0.5) is 0 Å². The number of rotatable bonds is 3. The quantitative estimate of drug-likeness (QED) is 0.785. The maximum Gasteiger partial charge on any atom is 0.282 e. The Kier molecular flexibility index (Phi) is 4.49. The lowest BCUT2D eigenvalue weighted by atomic mass is 10.4. The van der Waals surface area contributed by atoms with E-state index in [4.69, 9.17) is 45.5 Å². The topological polar surface area (TPSA) is 34.1 Å². The Bertz CT molecular complexity index is 441. The first kappa shape index (κ1) is 13.7. The normalized spacial score (nSPS) is 12.8. The average molecular weight is 326 g/mol. The van der Waals surface area contributed by atoms with Gasteiger partial charge in [0, 0.05) is 16.0 Å². The zero-order chi connectivity index (χ0) is 11.7. The molecule has 0 fully saturated rings. The highest BCUT2D eigenvalue weighted by molar-refractivity contribution is 8.31. The maximum absolute atomic E-state index is 11.8. The standard InChI is InChI=1S/C7H4Cl4O2S2/c8-5-1-3-6(4-2-5)15(12,13)7(9,10)14-11/h1-4H. The molecule has 0 N–H and O–H groups in total. The first-order chi connectivity index (χ1) is 6.81. The van der Waals surface area contributed by atoms with Gasteiger partial charge >= 0.3 is 0 Å². The fourth-order valence-electron chi connectivity index (χ4n) is 0.792. The Morgan fingerprint density at radius 2 is 1.60 bits per heavy atom. The van der Waals surface area contributed by atoms with Gasteiger partial charge in [0.25, 0.3) is 3.00 Å². The zero-order valence-electron chi connectivity index (χ0n) is 6.95. The molecule has 0 bridgehead atoms. The van der Waals surface area contributed by atoms with Crippen LogP contribution in [-0.4, -0.2) is 11.4 Å². The van der Waals surface area contributed by atoms with E-state index >= 15 is 0 Å².